The molecule has 0 aliphatic heterocycles. The molecule has 5 heteroatoms. The number of benzene rings is 1. The molecule has 0 aliphatic rings. The van der Waals surface area contributed by atoms with E-state index in [0.29, 0.717) is 11.0 Å². The van der Waals surface area contributed by atoms with Crippen LogP contribution in [0.1, 0.15) is 24.2 Å². The third-order valence-corrected chi connectivity index (χ3v) is 3.39. The van der Waals surface area contributed by atoms with E-state index in [1.807, 2.05) is 6.92 Å². The monoisotopic (exact) mass is 275 g/mol. The van der Waals surface area contributed by atoms with Crippen molar-refractivity contribution < 1.29 is 14.3 Å². The molecule has 1 amide bonds. The average molecular weight is 275 g/mol. The summed E-state index contributed by atoms with van der Waals surface area (Å²) in [6.45, 7) is 3.56. The number of hydrogen-bond donors (Lipinski definition) is 2. The maximum absolute atomic E-state index is 12.1. The van der Waals surface area contributed by atoms with Gasteiger partial charge in [-0.3, -0.25) is 4.79 Å². The number of amides is 1. The molecule has 2 rings (SSSR count). The highest BCUT2D eigenvalue weighted by Crippen LogP contribution is 2.13. The number of carbonyl (C=O) groups is 1. The Balaban J connectivity index is 2.30. The zero-order valence-corrected chi connectivity index (χ0v) is 11.4. The van der Waals surface area contributed by atoms with E-state index in [2.05, 4.69) is 5.32 Å². The molecule has 0 aliphatic carbocycles. The highest BCUT2D eigenvalue weighted by Gasteiger charge is 2.18. The summed E-state index contributed by atoms with van der Waals surface area (Å²) in [5.74, 6) is -0.580. The van der Waals surface area contributed by atoms with Crippen LogP contribution in [0.2, 0.25) is 0 Å². The van der Waals surface area contributed by atoms with E-state index in [9.17, 15) is 9.59 Å². The quantitative estimate of drug-likeness (QED) is 0.829. The Morgan fingerprint density at radius 1 is 1.35 bits per heavy atom. The van der Waals surface area contributed by atoms with Gasteiger partial charge in [0.2, 0.25) is 0 Å². The minimum Gasteiger partial charge on any atom is -0.422 e. The fraction of sp³-hybridized carbons (Fsp3) is 0.333. The molecule has 2 N–H and O–H groups in total. The standard InChI is InChI=1S/C15H17NO4/c1-9(8-17)10(2)16-14(18)12-7-11-5-3-4-6-13(11)20-15(12)19/h3-7,9-10,17H,8H2,1-2H3,(H,16,18). The molecule has 2 aromatic rings. The first-order chi connectivity index (χ1) is 9.52. The van der Waals surface area contributed by atoms with E-state index in [1.165, 1.54) is 6.07 Å². The number of carbonyl (C=O) groups excluding carboxylic acids is 1. The largest absolute Gasteiger partial charge is 0.422 e. The Labute approximate surface area is 116 Å². The van der Waals surface area contributed by atoms with Gasteiger partial charge >= 0.3 is 5.63 Å². The molecule has 2 unspecified atom stereocenters. The summed E-state index contributed by atoms with van der Waals surface area (Å²) >= 11 is 0. The van der Waals surface area contributed by atoms with Crippen LogP contribution in [-0.2, 0) is 0 Å². The van der Waals surface area contributed by atoms with Crippen molar-refractivity contribution >= 4 is 16.9 Å². The summed E-state index contributed by atoms with van der Waals surface area (Å²) in [6, 6.07) is 8.30. The number of aliphatic hydroxyl groups excluding tert-OH is 1. The molecule has 0 saturated heterocycles. The highest BCUT2D eigenvalue weighted by atomic mass is 16.4. The molecule has 0 spiro atoms. The number of aliphatic hydroxyl groups is 1. The van der Waals surface area contributed by atoms with E-state index < -0.39 is 11.5 Å². The third kappa shape index (κ3) is 2.88. The molecule has 20 heavy (non-hydrogen) atoms. The fourth-order valence-corrected chi connectivity index (χ4v) is 1.81. The second-order valence-corrected chi connectivity index (χ2v) is 4.91. The first kappa shape index (κ1) is 14.3. The van der Waals surface area contributed by atoms with Gasteiger partial charge in [-0.2, -0.15) is 0 Å². The summed E-state index contributed by atoms with van der Waals surface area (Å²) in [5, 5.41) is 12.4. The summed E-state index contributed by atoms with van der Waals surface area (Å²) in [7, 11) is 0. The molecule has 0 bridgehead atoms. The Bertz CT molecular complexity index is 677. The Hall–Kier alpha value is -2.14. The number of hydrogen-bond acceptors (Lipinski definition) is 4. The van der Waals surface area contributed by atoms with Crippen molar-refractivity contribution in [3.8, 4) is 0 Å². The number of rotatable bonds is 4. The predicted octanol–water partition coefficient (Wildman–Crippen LogP) is 1.54. The number of para-hydroxylation sites is 1. The first-order valence-electron chi connectivity index (χ1n) is 6.47. The molecule has 0 radical (unpaired) electrons. The molecule has 0 fully saturated rings. The van der Waals surface area contributed by atoms with Crippen LogP contribution in [0.25, 0.3) is 11.0 Å². The normalized spacial score (nSPS) is 13.9. The molecule has 5 nitrogen and oxygen atoms in total. The van der Waals surface area contributed by atoms with Crippen LogP contribution in [-0.4, -0.2) is 23.7 Å². The summed E-state index contributed by atoms with van der Waals surface area (Å²) in [4.78, 5) is 23.9. The fourth-order valence-electron chi connectivity index (χ4n) is 1.81. The van der Waals surface area contributed by atoms with E-state index in [1.54, 1.807) is 31.2 Å². The van der Waals surface area contributed by atoms with Gasteiger partial charge in [0.05, 0.1) is 0 Å². The molecular formula is C15H17NO4. The Morgan fingerprint density at radius 3 is 2.75 bits per heavy atom. The second-order valence-electron chi connectivity index (χ2n) is 4.91. The van der Waals surface area contributed by atoms with E-state index in [-0.39, 0.29) is 24.1 Å². The van der Waals surface area contributed by atoms with Crippen LogP contribution in [0, 0.1) is 5.92 Å². The van der Waals surface area contributed by atoms with Crippen molar-refractivity contribution in [2.75, 3.05) is 6.61 Å². The minimum atomic E-state index is -0.662. The number of nitrogens with one attached hydrogen (secondary N) is 1. The maximum atomic E-state index is 12.1. The van der Waals surface area contributed by atoms with Crippen molar-refractivity contribution in [3.63, 3.8) is 0 Å². The lowest BCUT2D eigenvalue weighted by molar-refractivity contribution is 0.0913. The summed E-state index contributed by atoms with van der Waals surface area (Å²) < 4.78 is 5.12. The highest BCUT2D eigenvalue weighted by molar-refractivity contribution is 5.96. The minimum absolute atomic E-state index is 0.0271. The zero-order chi connectivity index (χ0) is 14.7. The number of fused-ring (bicyclic) bond motifs is 1. The van der Waals surface area contributed by atoms with Gasteiger partial charge in [-0.15, -0.1) is 0 Å². The van der Waals surface area contributed by atoms with Crippen LogP contribution in [0.3, 0.4) is 0 Å². The van der Waals surface area contributed by atoms with Crippen LogP contribution in [0.4, 0.5) is 0 Å². The Morgan fingerprint density at radius 2 is 2.05 bits per heavy atom. The lowest BCUT2D eigenvalue weighted by Gasteiger charge is -2.18. The van der Waals surface area contributed by atoms with Crippen LogP contribution in [0.5, 0.6) is 0 Å². The first-order valence-corrected chi connectivity index (χ1v) is 6.47. The third-order valence-electron chi connectivity index (χ3n) is 3.39. The molecule has 1 aromatic carbocycles. The lowest BCUT2D eigenvalue weighted by atomic mass is 10.0. The summed E-state index contributed by atoms with van der Waals surface area (Å²) in [5.41, 5.74) is -0.239. The van der Waals surface area contributed by atoms with Crippen LogP contribution < -0.4 is 10.9 Å². The maximum Gasteiger partial charge on any atom is 0.349 e. The topological polar surface area (TPSA) is 79.5 Å². The summed E-state index contributed by atoms with van der Waals surface area (Å²) in [6.07, 6.45) is 0. The van der Waals surface area contributed by atoms with Gasteiger partial charge in [0.1, 0.15) is 11.1 Å². The average Bonchev–Trinajstić information content (AvgIpc) is 2.45. The molecule has 1 heterocycles. The predicted molar refractivity (Wildman–Crippen MR) is 75.7 cm³/mol. The van der Waals surface area contributed by atoms with Crippen molar-refractivity contribution in [2.45, 2.75) is 19.9 Å². The van der Waals surface area contributed by atoms with E-state index in [0.717, 1.165) is 0 Å². The molecule has 106 valence electrons. The zero-order valence-electron chi connectivity index (χ0n) is 11.4. The Kier molecular flexibility index (Phi) is 4.20. The van der Waals surface area contributed by atoms with Crippen molar-refractivity contribution in [3.05, 3.63) is 46.3 Å². The molecular weight excluding hydrogens is 258 g/mol. The molecule has 1 aromatic heterocycles. The van der Waals surface area contributed by atoms with Gasteiger partial charge in [-0.25, -0.2) is 4.79 Å². The molecule has 0 saturated carbocycles. The van der Waals surface area contributed by atoms with Gasteiger partial charge in [0, 0.05) is 18.0 Å². The lowest BCUT2D eigenvalue weighted by Crippen LogP contribution is -2.40. The smallest absolute Gasteiger partial charge is 0.349 e. The van der Waals surface area contributed by atoms with Crippen molar-refractivity contribution in [1.82, 2.24) is 5.32 Å². The van der Waals surface area contributed by atoms with E-state index >= 15 is 0 Å². The SMILES string of the molecule is CC(CO)C(C)NC(=O)c1cc2ccccc2oc1=O. The van der Waals surface area contributed by atoms with Gasteiger partial charge in [-0.1, -0.05) is 25.1 Å². The van der Waals surface area contributed by atoms with Gasteiger partial charge < -0.3 is 14.8 Å². The van der Waals surface area contributed by atoms with Gasteiger partial charge in [-0.05, 0) is 25.0 Å². The van der Waals surface area contributed by atoms with Crippen LogP contribution >= 0.6 is 0 Å². The van der Waals surface area contributed by atoms with Gasteiger partial charge in [0.15, 0.2) is 0 Å². The van der Waals surface area contributed by atoms with E-state index in [4.69, 9.17) is 9.52 Å². The van der Waals surface area contributed by atoms with Crippen LogP contribution in [0.15, 0.2) is 39.5 Å². The van der Waals surface area contributed by atoms with Gasteiger partial charge in [0.25, 0.3) is 5.91 Å². The second kappa shape index (κ2) is 5.88. The van der Waals surface area contributed by atoms with Crippen molar-refractivity contribution in [1.29, 1.82) is 0 Å². The molecule has 2 atom stereocenters. The van der Waals surface area contributed by atoms with Crippen molar-refractivity contribution in [2.24, 2.45) is 5.92 Å².